The number of alkyl halides is 3. The molecule has 1 saturated heterocycles. The number of anilines is 1. The van der Waals surface area contributed by atoms with E-state index in [0.717, 1.165) is 17.7 Å². The summed E-state index contributed by atoms with van der Waals surface area (Å²) < 4.78 is 44.2. The molecule has 1 aromatic carbocycles. The summed E-state index contributed by atoms with van der Waals surface area (Å²) in [5.74, 6) is -1.13. The maximum absolute atomic E-state index is 13.0. The second-order valence-electron chi connectivity index (χ2n) is 6.96. The molecule has 2 aromatic rings. The number of carbonyl (C=O) groups excluding carboxylic acids is 1. The third-order valence-electron chi connectivity index (χ3n) is 5.17. The summed E-state index contributed by atoms with van der Waals surface area (Å²) in [5.41, 5.74) is 0.239. The summed E-state index contributed by atoms with van der Waals surface area (Å²) in [5, 5.41) is 9.74. The molecule has 1 aromatic heterocycles. The Morgan fingerprint density at radius 2 is 2.13 bits per heavy atom. The minimum atomic E-state index is -4.54. The molecular weight excluding hydrogens is 419 g/mol. The van der Waals surface area contributed by atoms with Crippen molar-refractivity contribution in [1.29, 1.82) is 5.26 Å². The average molecular weight is 438 g/mol. The largest absolute Gasteiger partial charge is 0.466 e. The van der Waals surface area contributed by atoms with Crippen LogP contribution in [0.3, 0.4) is 0 Å². The van der Waals surface area contributed by atoms with Gasteiger partial charge in [-0.05, 0) is 43.2 Å². The van der Waals surface area contributed by atoms with E-state index in [4.69, 9.17) is 16.3 Å². The fourth-order valence-corrected chi connectivity index (χ4v) is 3.85. The molecule has 2 unspecified atom stereocenters. The number of esters is 1. The summed E-state index contributed by atoms with van der Waals surface area (Å²) in [6.07, 6.45) is -2.38. The molecule has 9 heteroatoms. The monoisotopic (exact) mass is 437 g/mol. The zero-order valence-electron chi connectivity index (χ0n) is 16.1. The lowest BCUT2D eigenvalue weighted by Crippen LogP contribution is -2.44. The van der Waals surface area contributed by atoms with E-state index in [2.05, 4.69) is 4.98 Å². The Hall–Kier alpha value is -2.79. The lowest BCUT2D eigenvalue weighted by Gasteiger charge is -2.39. The highest BCUT2D eigenvalue weighted by Gasteiger charge is 2.38. The van der Waals surface area contributed by atoms with E-state index in [9.17, 15) is 23.2 Å². The Kier molecular flexibility index (Phi) is 6.52. The van der Waals surface area contributed by atoms with E-state index in [-0.39, 0.29) is 24.6 Å². The fourth-order valence-electron chi connectivity index (χ4n) is 3.74. The standard InChI is InChI=1S/C21H19ClF3N3O2/c1-2-30-20(29)17-12-28(8-7-16(17)13-3-6-19(22)27-11-13)18-5-4-15(21(23,24)25)9-14(18)10-26/h3-6,9,11,16-17H,2,7-8,12H2,1H3. The highest BCUT2D eigenvalue weighted by molar-refractivity contribution is 6.29. The number of carbonyl (C=O) groups is 1. The van der Waals surface area contributed by atoms with E-state index in [1.54, 1.807) is 30.2 Å². The third-order valence-corrected chi connectivity index (χ3v) is 5.39. The van der Waals surface area contributed by atoms with Gasteiger partial charge in [0, 0.05) is 25.2 Å². The first-order valence-corrected chi connectivity index (χ1v) is 9.76. The van der Waals surface area contributed by atoms with Gasteiger partial charge in [-0.3, -0.25) is 4.79 Å². The molecule has 1 fully saturated rings. The van der Waals surface area contributed by atoms with Crippen molar-refractivity contribution in [3.8, 4) is 6.07 Å². The molecule has 0 spiro atoms. The van der Waals surface area contributed by atoms with E-state index in [1.807, 2.05) is 6.07 Å². The Morgan fingerprint density at radius 3 is 2.73 bits per heavy atom. The van der Waals surface area contributed by atoms with Crippen LogP contribution in [0.1, 0.15) is 36.0 Å². The number of hydrogen-bond donors (Lipinski definition) is 0. The molecular formula is C21H19ClF3N3O2. The Morgan fingerprint density at radius 1 is 1.37 bits per heavy atom. The van der Waals surface area contributed by atoms with Crippen LogP contribution in [0.2, 0.25) is 5.15 Å². The molecule has 0 N–H and O–H groups in total. The maximum Gasteiger partial charge on any atom is 0.416 e. The minimum Gasteiger partial charge on any atom is -0.466 e. The molecule has 0 radical (unpaired) electrons. The van der Waals surface area contributed by atoms with Gasteiger partial charge in [0.05, 0.1) is 29.3 Å². The Labute approximate surface area is 177 Å². The number of nitriles is 1. The van der Waals surface area contributed by atoms with Crippen LogP contribution in [0.4, 0.5) is 18.9 Å². The summed E-state index contributed by atoms with van der Waals surface area (Å²) >= 11 is 5.86. The Balaban J connectivity index is 1.92. The van der Waals surface area contributed by atoms with Crippen molar-refractivity contribution < 1.29 is 22.7 Å². The number of hydrogen-bond acceptors (Lipinski definition) is 5. The predicted octanol–water partition coefficient (Wildman–Crippen LogP) is 4.80. The van der Waals surface area contributed by atoms with Gasteiger partial charge in [0.25, 0.3) is 0 Å². The summed E-state index contributed by atoms with van der Waals surface area (Å²) in [6.45, 7) is 2.60. The SMILES string of the molecule is CCOC(=O)C1CN(c2ccc(C(F)(F)F)cc2C#N)CCC1c1ccc(Cl)nc1. The zero-order chi connectivity index (χ0) is 21.9. The fraction of sp³-hybridized carbons (Fsp3) is 0.381. The van der Waals surface area contributed by atoms with Crippen LogP contribution in [0.15, 0.2) is 36.5 Å². The van der Waals surface area contributed by atoms with Gasteiger partial charge in [0.1, 0.15) is 11.2 Å². The number of pyridine rings is 1. The molecule has 1 aliphatic rings. The van der Waals surface area contributed by atoms with Crippen LogP contribution in [-0.2, 0) is 15.7 Å². The topological polar surface area (TPSA) is 66.2 Å². The predicted molar refractivity (Wildman–Crippen MR) is 105 cm³/mol. The van der Waals surface area contributed by atoms with Crippen LogP contribution in [0, 0.1) is 17.2 Å². The van der Waals surface area contributed by atoms with Gasteiger partial charge in [0.2, 0.25) is 0 Å². The molecule has 0 amide bonds. The first kappa shape index (κ1) is 21.9. The van der Waals surface area contributed by atoms with Crippen molar-refractivity contribution >= 4 is 23.3 Å². The normalized spacial score (nSPS) is 19.3. The van der Waals surface area contributed by atoms with Crippen molar-refractivity contribution in [1.82, 2.24) is 4.98 Å². The van der Waals surface area contributed by atoms with Crippen molar-refractivity contribution in [2.45, 2.75) is 25.4 Å². The van der Waals surface area contributed by atoms with Crippen molar-refractivity contribution in [3.05, 3.63) is 58.4 Å². The van der Waals surface area contributed by atoms with E-state index < -0.39 is 23.6 Å². The molecule has 3 rings (SSSR count). The van der Waals surface area contributed by atoms with Gasteiger partial charge in [0.15, 0.2) is 0 Å². The highest BCUT2D eigenvalue weighted by Crippen LogP contribution is 2.38. The molecule has 2 heterocycles. The molecule has 0 saturated carbocycles. The molecule has 0 aliphatic carbocycles. The zero-order valence-corrected chi connectivity index (χ0v) is 16.9. The maximum atomic E-state index is 13.0. The quantitative estimate of drug-likeness (QED) is 0.508. The molecule has 30 heavy (non-hydrogen) atoms. The van der Waals surface area contributed by atoms with Crippen LogP contribution < -0.4 is 4.90 Å². The first-order chi connectivity index (χ1) is 14.2. The third kappa shape index (κ3) is 4.68. The lowest BCUT2D eigenvalue weighted by molar-refractivity contribution is -0.149. The van der Waals surface area contributed by atoms with Crippen LogP contribution >= 0.6 is 11.6 Å². The number of nitrogens with zero attached hydrogens (tertiary/aromatic N) is 3. The van der Waals surface area contributed by atoms with Gasteiger partial charge in [-0.2, -0.15) is 18.4 Å². The van der Waals surface area contributed by atoms with E-state index in [0.29, 0.717) is 23.8 Å². The van der Waals surface area contributed by atoms with E-state index >= 15 is 0 Å². The number of halogens is 4. The number of benzene rings is 1. The number of aromatic nitrogens is 1. The van der Waals surface area contributed by atoms with Gasteiger partial charge in [-0.15, -0.1) is 0 Å². The Bertz CT molecular complexity index is 957. The first-order valence-electron chi connectivity index (χ1n) is 9.39. The molecule has 0 bridgehead atoms. The van der Waals surface area contributed by atoms with Gasteiger partial charge in [-0.1, -0.05) is 17.7 Å². The van der Waals surface area contributed by atoms with Crippen molar-refractivity contribution in [2.75, 3.05) is 24.6 Å². The smallest absolute Gasteiger partial charge is 0.416 e. The summed E-state index contributed by atoms with van der Waals surface area (Å²) in [7, 11) is 0. The van der Waals surface area contributed by atoms with Gasteiger partial charge >= 0.3 is 12.1 Å². The van der Waals surface area contributed by atoms with Crippen LogP contribution in [-0.4, -0.2) is 30.6 Å². The summed E-state index contributed by atoms with van der Waals surface area (Å²) in [6, 6.07) is 8.37. The van der Waals surface area contributed by atoms with Crippen LogP contribution in [0.25, 0.3) is 0 Å². The van der Waals surface area contributed by atoms with Crippen molar-refractivity contribution in [2.24, 2.45) is 5.92 Å². The number of ether oxygens (including phenoxy) is 1. The average Bonchev–Trinajstić information content (AvgIpc) is 2.73. The molecule has 158 valence electrons. The van der Waals surface area contributed by atoms with Crippen molar-refractivity contribution in [3.63, 3.8) is 0 Å². The molecule has 5 nitrogen and oxygen atoms in total. The lowest BCUT2D eigenvalue weighted by atomic mass is 9.80. The van der Waals surface area contributed by atoms with Gasteiger partial charge in [-0.25, -0.2) is 4.98 Å². The summed E-state index contributed by atoms with van der Waals surface area (Å²) in [4.78, 5) is 18.5. The van der Waals surface area contributed by atoms with Crippen LogP contribution in [0.5, 0.6) is 0 Å². The molecule has 1 aliphatic heterocycles. The molecule has 2 atom stereocenters. The highest BCUT2D eigenvalue weighted by atomic mass is 35.5. The van der Waals surface area contributed by atoms with Gasteiger partial charge < -0.3 is 9.64 Å². The second-order valence-corrected chi connectivity index (χ2v) is 7.34. The van der Waals surface area contributed by atoms with E-state index in [1.165, 1.54) is 6.07 Å². The second kappa shape index (κ2) is 8.92. The minimum absolute atomic E-state index is 0.0842. The number of rotatable bonds is 4. The number of piperidine rings is 1.